The zero-order valence-electron chi connectivity index (χ0n) is 13.2. The lowest BCUT2D eigenvalue weighted by Gasteiger charge is -2.32. The Morgan fingerprint density at radius 3 is 2.82 bits per heavy atom. The number of amides is 1. The number of aryl methyl sites for hydroxylation is 1. The molecule has 0 saturated heterocycles. The molecule has 0 aromatic heterocycles. The predicted molar refractivity (Wildman–Crippen MR) is 84.9 cm³/mol. The van der Waals surface area contributed by atoms with Crippen molar-refractivity contribution in [1.29, 1.82) is 0 Å². The third-order valence-corrected chi connectivity index (χ3v) is 4.08. The average Bonchev–Trinajstić information content (AvgIpc) is 2.43. The van der Waals surface area contributed by atoms with E-state index in [0.29, 0.717) is 31.5 Å². The number of nitrogens with one attached hydrogen (secondary N) is 1. The van der Waals surface area contributed by atoms with Crippen molar-refractivity contribution in [3.63, 3.8) is 0 Å². The van der Waals surface area contributed by atoms with Gasteiger partial charge in [-0.3, -0.25) is 14.5 Å². The zero-order chi connectivity index (χ0) is 16.1. The fraction of sp³-hybridized carbons (Fsp3) is 0.529. The number of aliphatic hydroxyl groups excluding tert-OH is 1. The second-order valence-corrected chi connectivity index (χ2v) is 6.20. The molecule has 1 fully saturated rings. The van der Waals surface area contributed by atoms with Crippen LogP contribution in [0.25, 0.3) is 0 Å². The van der Waals surface area contributed by atoms with Gasteiger partial charge in [0.2, 0.25) is 5.91 Å². The molecule has 1 aromatic carbocycles. The molecule has 0 heterocycles. The smallest absolute Gasteiger partial charge is 0.234 e. The Labute approximate surface area is 131 Å². The molecule has 0 spiro atoms. The van der Waals surface area contributed by atoms with Gasteiger partial charge in [0.1, 0.15) is 6.29 Å². The summed E-state index contributed by atoms with van der Waals surface area (Å²) in [6, 6.07) is 5.91. The van der Waals surface area contributed by atoms with Crippen molar-refractivity contribution in [3.05, 3.63) is 34.9 Å². The molecular formula is C17H24N2O3. The summed E-state index contributed by atoms with van der Waals surface area (Å²) in [5.74, 6) is -0.0146. The first-order valence-corrected chi connectivity index (χ1v) is 7.68. The molecule has 0 bridgehead atoms. The predicted octanol–water partition coefficient (Wildman–Crippen LogP) is 0.921. The average molecular weight is 304 g/mol. The Morgan fingerprint density at radius 1 is 1.45 bits per heavy atom. The van der Waals surface area contributed by atoms with E-state index in [4.69, 9.17) is 0 Å². The van der Waals surface area contributed by atoms with Gasteiger partial charge < -0.3 is 10.4 Å². The van der Waals surface area contributed by atoms with E-state index in [1.807, 2.05) is 37.1 Å². The van der Waals surface area contributed by atoms with Crippen LogP contribution >= 0.6 is 0 Å². The Morgan fingerprint density at radius 2 is 2.18 bits per heavy atom. The normalized spacial score (nSPS) is 20.5. The summed E-state index contributed by atoms with van der Waals surface area (Å²) in [5, 5.41) is 12.1. The highest BCUT2D eigenvalue weighted by atomic mass is 16.3. The van der Waals surface area contributed by atoms with Gasteiger partial charge >= 0.3 is 0 Å². The summed E-state index contributed by atoms with van der Waals surface area (Å²) < 4.78 is 0. The van der Waals surface area contributed by atoms with Crippen molar-refractivity contribution in [3.8, 4) is 0 Å². The first-order chi connectivity index (χ1) is 10.5. The molecule has 120 valence electrons. The molecule has 2 N–H and O–H groups in total. The first-order valence-electron chi connectivity index (χ1n) is 7.68. The molecule has 1 aliphatic rings. The van der Waals surface area contributed by atoms with Crippen molar-refractivity contribution in [2.75, 3.05) is 20.1 Å². The molecule has 1 saturated carbocycles. The van der Waals surface area contributed by atoms with Crippen molar-refractivity contribution in [2.24, 2.45) is 0 Å². The second-order valence-electron chi connectivity index (χ2n) is 6.20. The quantitative estimate of drug-likeness (QED) is 0.735. The summed E-state index contributed by atoms with van der Waals surface area (Å²) >= 11 is 0. The van der Waals surface area contributed by atoms with Gasteiger partial charge in [-0.25, -0.2) is 0 Å². The van der Waals surface area contributed by atoms with Gasteiger partial charge in [-0.1, -0.05) is 23.8 Å². The van der Waals surface area contributed by atoms with E-state index >= 15 is 0 Å². The van der Waals surface area contributed by atoms with Crippen LogP contribution in [0.4, 0.5) is 0 Å². The van der Waals surface area contributed by atoms with Crippen LogP contribution < -0.4 is 5.32 Å². The summed E-state index contributed by atoms with van der Waals surface area (Å²) in [6.45, 7) is 3.04. The lowest BCUT2D eigenvalue weighted by molar-refractivity contribution is -0.124. The van der Waals surface area contributed by atoms with E-state index in [1.54, 1.807) is 0 Å². The van der Waals surface area contributed by atoms with Gasteiger partial charge in [0, 0.05) is 18.2 Å². The number of carbonyl (C=O) groups excluding carboxylic acids is 2. The molecule has 1 aliphatic carbocycles. The molecule has 22 heavy (non-hydrogen) atoms. The van der Waals surface area contributed by atoms with Crippen LogP contribution in [0.3, 0.4) is 0 Å². The highest BCUT2D eigenvalue weighted by molar-refractivity contribution is 5.78. The highest BCUT2D eigenvalue weighted by Gasteiger charge is 2.28. The van der Waals surface area contributed by atoms with Gasteiger partial charge in [-0.15, -0.1) is 0 Å². The molecule has 5 heteroatoms. The van der Waals surface area contributed by atoms with Crippen molar-refractivity contribution in [2.45, 2.75) is 38.3 Å². The molecule has 2 rings (SSSR count). The lowest BCUT2D eigenvalue weighted by Crippen LogP contribution is -2.49. The summed E-state index contributed by atoms with van der Waals surface area (Å²) in [7, 11) is 1.89. The monoisotopic (exact) mass is 304 g/mol. The number of rotatable bonds is 7. The maximum absolute atomic E-state index is 11.9. The molecule has 0 unspecified atom stereocenters. The Bertz CT molecular complexity index is 539. The number of aliphatic hydroxyl groups is 1. The standard InChI is InChI=1S/C17H24N2O3/c1-12-3-4-14(11-20)13(7-12)5-6-19(2)10-17(22)18-15-8-16(21)9-15/h3-4,7,11,15-16,21H,5-6,8-10H2,1-2H3,(H,18,22). The number of benzene rings is 1. The number of aldehydes is 1. The van der Waals surface area contributed by atoms with E-state index in [0.717, 1.165) is 23.8 Å². The van der Waals surface area contributed by atoms with E-state index in [9.17, 15) is 14.7 Å². The SMILES string of the molecule is Cc1ccc(C=O)c(CCN(C)CC(=O)NC2CC(O)C2)c1. The molecule has 0 aliphatic heterocycles. The minimum atomic E-state index is -0.258. The maximum atomic E-state index is 11.9. The topological polar surface area (TPSA) is 69.6 Å². The Balaban J connectivity index is 1.77. The molecule has 1 amide bonds. The number of hydrogen-bond donors (Lipinski definition) is 2. The summed E-state index contributed by atoms with van der Waals surface area (Å²) in [5.41, 5.74) is 2.86. The van der Waals surface area contributed by atoms with Gasteiger partial charge in [0.15, 0.2) is 0 Å². The van der Waals surface area contributed by atoms with E-state index in [2.05, 4.69) is 5.32 Å². The fourth-order valence-electron chi connectivity index (χ4n) is 2.68. The van der Waals surface area contributed by atoms with E-state index in [1.165, 1.54) is 0 Å². The van der Waals surface area contributed by atoms with Gasteiger partial charge in [-0.2, -0.15) is 0 Å². The van der Waals surface area contributed by atoms with Crippen LogP contribution in [0.1, 0.15) is 34.3 Å². The lowest BCUT2D eigenvalue weighted by atomic mass is 9.89. The number of nitrogens with zero attached hydrogens (tertiary/aromatic N) is 1. The Hall–Kier alpha value is -1.72. The van der Waals surface area contributed by atoms with Crippen molar-refractivity contribution < 1.29 is 14.7 Å². The minimum Gasteiger partial charge on any atom is -0.393 e. The van der Waals surface area contributed by atoms with Crippen LogP contribution in [0.5, 0.6) is 0 Å². The number of likely N-dealkylation sites (N-methyl/N-ethyl adjacent to an activating group) is 1. The van der Waals surface area contributed by atoms with Crippen LogP contribution in [-0.2, 0) is 11.2 Å². The van der Waals surface area contributed by atoms with Gasteiger partial charge in [0.05, 0.1) is 12.6 Å². The van der Waals surface area contributed by atoms with Crippen molar-refractivity contribution >= 4 is 12.2 Å². The van der Waals surface area contributed by atoms with Crippen LogP contribution in [-0.4, -0.2) is 54.5 Å². The largest absolute Gasteiger partial charge is 0.393 e. The van der Waals surface area contributed by atoms with Gasteiger partial charge in [0.25, 0.3) is 0 Å². The molecule has 5 nitrogen and oxygen atoms in total. The number of hydrogen-bond acceptors (Lipinski definition) is 4. The Kier molecular flexibility index (Phi) is 5.69. The first kappa shape index (κ1) is 16.6. The molecule has 0 atom stereocenters. The third kappa shape index (κ3) is 4.64. The maximum Gasteiger partial charge on any atom is 0.234 e. The molecular weight excluding hydrogens is 280 g/mol. The molecule has 0 radical (unpaired) electrons. The third-order valence-electron chi connectivity index (χ3n) is 4.08. The van der Waals surface area contributed by atoms with Crippen LogP contribution in [0.2, 0.25) is 0 Å². The van der Waals surface area contributed by atoms with Crippen LogP contribution in [0.15, 0.2) is 18.2 Å². The minimum absolute atomic E-state index is 0.0146. The van der Waals surface area contributed by atoms with E-state index < -0.39 is 0 Å². The van der Waals surface area contributed by atoms with Crippen molar-refractivity contribution in [1.82, 2.24) is 10.2 Å². The second kappa shape index (κ2) is 7.51. The highest BCUT2D eigenvalue weighted by Crippen LogP contribution is 2.19. The summed E-state index contributed by atoms with van der Waals surface area (Å²) in [4.78, 5) is 24.9. The van der Waals surface area contributed by atoms with Gasteiger partial charge in [-0.05, 0) is 38.8 Å². The summed E-state index contributed by atoms with van der Waals surface area (Å²) in [6.07, 6.45) is 2.67. The molecule has 1 aromatic rings. The zero-order valence-corrected chi connectivity index (χ0v) is 13.2. The number of carbonyl (C=O) groups is 2. The van der Waals surface area contributed by atoms with Crippen LogP contribution in [0, 0.1) is 6.92 Å². The fourth-order valence-corrected chi connectivity index (χ4v) is 2.68. The van der Waals surface area contributed by atoms with E-state index in [-0.39, 0.29) is 18.1 Å².